The van der Waals surface area contributed by atoms with Crippen LogP contribution in [0, 0.1) is 0 Å². The topological polar surface area (TPSA) is 29.5 Å². The lowest BCUT2D eigenvalue weighted by Crippen LogP contribution is -2.14. The molecule has 3 heteroatoms. The third-order valence-corrected chi connectivity index (χ3v) is 10.5. The number of rotatable bonds is 5. The average Bonchev–Trinajstić information content (AvgIpc) is 3.81. The summed E-state index contributed by atoms with van der Waals surface area (Å²) in [5.74, 6) is 0.996. The van der Waals surface area contributed by atoms with Crippen LogP contribution >= 0.6 is 0 Å². The molecule has 0 radical (unpaired) electrons. The van der Waals surface area contributed by atoms with Gasteiger partial charge in [0.1, 0.15) is 22.5 Å². The van der Waals surface area contributed by atoms with Crippen LogP contribution in [0.15, 0.2) is 173 Å². The molecule has 1 aliphatic rings. The Hall–Kier alpha value is -6.32. The lowest BCUT2D eigenvalue weighted by molar-refractivity contribution is 0.619. The van der Waals surface area contributed by atoms with Gasteiger partial charge in [0.15, 0.2) is 0 Å². The summed E-state index contributed by atoms with van der Waals surface area (Å²) in [6, 6.07) is 58.2. The summed E-state index contributed by atoms with van der Waals surface area (Å²) in [5.41, 5.74) is 14.3. The Morgan fingerprint density at radius 2 is 0.960 bits per heavy atom. The molecule has 0 spiro atoms. The van der Waals surface area contributed by atoms with Gasteiger partial charge in [-0.15, -0.1) is 0 Å². The highest BCUT2D eigenvalue weighted by Gasteiger charge is 2.40. The zero-order valence-electron chi connectivity index (χ0n) is 27.9. The molecule has 3 nitrogen and oxygen atoms in total. The molecule has 7 aromatic carbocycles. The van der Waals surface area contributed by atoms with Gasteiger partial charge >= 0.3 is 0 Å². The smallest absolute Gasteiger partial charge is 0.139 e. The van der Waals surface area contributed by atoms with Crippen molar-refractivity contribution in [3.63, 3.8) is 0 Å². The zero-order chi connectivity index (χ0) is 33.4. The first kappa shape index (κ1) is 28.7. The minimum Gasteiger partial charge on any atom is -0.456 e. The number of para-hydroxylation sites is 2. The van der Waals surface area contributed by atoms with Crippen molar-refractivity contribution in [2.75, 3.05) is 4.90 Å². The van der Waals surface area contributed by atoms with Crippen LogP contribution in [0.3, 0.4) is 0 Å². The second-order valence-electron chi connectivity index (χ2n) is 13.8. The highest BCUT2D eigenvalue weighted by molar-refractivity contribution is 6.06. The van der Waals surface area contributed by atoms with Gasteiger partial charge in [-0.2, -0.15) is 0 Å². The second-order valence-corrected chi connectivity index (χ2v) is 13.8. The Balaban J connectivity index is 1.06. The fourth-order valence-corrected chi connectivity index (χ4v) is 7.98. The van der Waals surface area contributed by atoms with E-state index in [0.717, 1.165) is 55.9 Å². The van der Waals surface area contributed by atoms with Gasteiger partial charge in [0.05, 0.1) is 0 Å². The van der Waals surface area contributed by atoms with Gasteiger partial charge in [0.2, 0.25) is 0 Å². The van der Waals surface area contributed by atoms with E-state index < -0.39 is 0 Å². The van der Waals surface area contributed by atoms with Crippen LogP contribution in [-0.4, -0.2) is 0 Å². The van der Waals surface area contributed by atoms with E-state index >= 15 is 0 Å². The van der Waals surface area contributed by atoms with Gasteiger partial charge < -0.3 is 13.7 Å². The fourth-order valence-electron chi connectivity index (χ4n) is 7.98. The molecule has 0 N–H and O–H groups in total. The van der Waals surface area contributed by atoms with Crippen molar-refractivity contribution in [1.29, 1.82) is 0 Å². The van der Waals surface area contributed by atoms with Crippen molar-refractivity contribution < 1.29 is 8.83 Å². The van der Waals surface area contributed by atoms with E-state index in [-0.39, 0.29) is 5.41 Å². The minimum atomic E-state index is -0.128. The third-order valence-electron chi connectivity index (χ3n) is 10.5. The van der Waals surface area contributed by atoms with E-state index in [0.29, 0.717) is 0 Å². The van der Waals surface area contributed by atoms with Crippen LogP contribution < -0.4 is 4.90 Å². The Kier molecular flexibility index (Phi) is 6.22. The maximum atomic E-state index is 6.48. The van der Waals surface area contributed by atoms with Crippen LogP contribution in [0.4, 0.5) is 17.1 Å². The summed E-state index contributed by atoms with van der Waals surface area (Å²) in [6.45, 7) is 4.61. The Bertz CT molecular complexity index is 2710. The normalized spacial score (nSPS) is 13.2. The van der Waals surface area contributed by atoms with Crippen molar-refractivity contribution in [3.8, 4) is 33.6 Å². The molecule has 238 valence electrons. The summed E-state index contributed by atoms with van der Waals surface area (Å²) >= 11 is 0. The van der Waals surface area contributed by atoms with Crippen LogP contribution in [-0.2, 0) is 5.41 Å². The number of furan rings is 2. The average molecular weight is 644 g/mol. The van der Waals surface area contributed by atoms with E-state index in [2.05, 4.69) is 164 Å². The highest BCUT2D eigenvalue weighted by Crippen LogP contribution is 2.53. The van der Waals surface area contributed by atoms with Crippen molar-refractivity contribution >= 4 is 50.0 Å². The van der Waals surface area contributed by atoms with Crippen LogP contribution in [0.1, 0.15) is 25.0 Å². The summed E-state index contributed by atoms with van der Waals surface area (Å²) < 4.78 is 12.8. The molecule has 10 rings (SSSR count). The van der Waals surface area contributed by atoms with Gasteiger partial charge in [-0.05, 0) is 82.4 Å². The largest absolute Gasteiger partial charge is 0.456 e. The zero-order valence-corrected chi connectivity index (χ0v) is 27.9. The van der Waals surface area contributed by atoms with Crippen LogP contribution in [0.5, 0.6) is 0 Å². The maximum Gasteiger partial charge on any atom is 0.139 e. The van der Waals surface area contributed by atoms with E-state index in [1.165, 1.54) is 38.8 Å². The molecule has 2 aromatic heterocycles. The molecule has 0 fully saturated rings. The molecule has 0 amide bonds. The molecular weight excluding hydrogens is 611 g/mol. The number of anilines is 3. The minimum absolute atomic E-state index is 0.128. The van der Waals surface area contributed by atoms with E-state index in [9.17, 15) is 0 Å². The Morgan fingerprint density at radius 3 is 1.68 bits per heavy atom. The number of hydrogen-bond acceptors (Lipinski definition) is 3. The van der Waals surface area contributed by atoms with Crippen LogP contribution in [0.2, 0.25) is 0 Å². The number of nitrogens with zero attached hydrogens (tertiary/aromatic N) is 1. The summed E-state index contributed by atoms with van der Waals surface area (Å²) in [7, 11) is 0. The molecule has 0 unspecified atom stereocenters. The highest BCUT2D eigenvalue weighted by atomic mass is 16.3. The third kappa shape index (κ3) is 4.37. The first-order chi connectivity index (χ1) is 24.5. The molecule has 0 bridgehead atoms. The van der Waals surface area contributed by atoms with Gasteiger partial charge in [-0.25, -0.2) is 0 Å². The van der Waals surface area contributed by atoms with Crippen LogP contribution in [0.25, 0.3) is 66.5 Å². The van der Waals surface area contributed by atoms with Crippen molar-refractivity contribution in [2.24, 2.45) is 0 Å². The predicted molar refractivity (Wildman–Crippen MR) is 207 cm³/mol. The molecular formula is C47H33NO2. The molecule has 0 aliphatic heterocycles. The van der Waals surface area contributed by atoms with Crippen molar-refractivity contribution in [1.82, 2.24) is 0 Å². The summed E-state index contributed by atoms with van der Waals surface area (Å²) in [5, 5.41) is 3.45. The summed E-state index contributed by atoms with van der Waals surface area (Å²) in [4.78, 5) is 2.30. The molecule has 50 heavy (non-hydrogen) atoms. The first-order valence-electron chi connectivity index (χ1n) is 17.2. The number of fused-ring (bicyclic) bond motifs is 8. The van der Waals surface area contributed by atoms with E-state index in [1.807, 2.05) is 18.2 Å². The molecule has 0 saturated carbocycles. The fraction of sp³-hybridized carbons (Fsp3) is 0.0638. The van der Waals surface area contributed by atoms with Gasteiger partial charge in [0, 0.05) is 55.8 Å². The molecule has 2 heterocycles. The quantitative estimate of drug-likeness (QED) is 0.187. The molecule has 0 atom stereocenters. The van der Waals surface area contributed by atoms with Gasteiger partial charge in [-0.1, -0.05) is 117 Å². The summed E-state index contributed by atoms with van der Waals surface area (Å²) in [6.07, 6.45) is 0. The predicted octanol–water partition coefficient (Wildman–Crippen LogP) is 13.4. The van der Waals surface area contributed by atoms with E-state index in [1.54, 1.807) is 0 Å². The van der Waals surface area contributed by atoms with Gasteiger partial charge in [0.25, 0.3) is 0 Å². The second kappa shape index (κ2) is 10.8. The maximum absolute atomic E-state index is 6.48. The lowest BCUT2D eigenvalue weighted by Gasteiger charge is -2.26. The number of benzene rings is 7. The first-order valence-corrected chi connectivity index (χ1v) is 17.2. The molecule has 9 aromatic rings. The monoisotopic (exact) mass is 643 g/mol. The Labute approximate surface area is 290 Å². The molecule has 1 aliphatic carbocycles. The number of hydrogen-bond donors (Lipinski definition) is 0. The Morgan fingerprint density at radius 1 is 0.420 bits per heavy atom. The standard InChI is InChI=1S/C47H33NO2/c1-47(2)41-27-20-33(28-40(41)46-45(47)39-13-7-9-15-43(39)50-46)32-18-23-35(24-19-32)48(34-21-16-31(17-22-34)30-10-4-3-5-11-30)36-25-26-38-37-12-6-8-14-42(37)49-44(38)29-36/h3-29H,1-2H3. The molecule has 0 saturated heterocycles. The lowest BCUT2D eigenvalue weighted by atomic mass is 9.81. The van der Waals surface area contributed by atoms with Crippen molar-refractivity contribution in [2.45, 2.75) is 19.3 Å². The van der Waals surface area contributed by atoms with Gasteiger partial charge in [-0.3, -0.25) is 0 Å². The van der Waals surface area contributed by atoms with Crippen molar-refractivity contribution in [3.05, 3.63) is 175 Å². The SMILES string of the molecule is CC1(C)c2ccc(-c3ccc(N(c4ccc(-c5ccccc5)cc4)c4ccc5c(c4)oc4ccccc45)cc3)cc2-c2oc3ccccc3c21. The van der Waals surface area contributed by atoms with E-state index in [4.69, 9.17) is 8.83 Å².